The minimum Gasteiger partial charge on any atom is -0.309 e. The van der Waals surface area contributed by atoms with E-state index < -0.39 is 0 Å². The van der Waals surface area contributed by atoms with E-state index in [-0.39, 0.29) is 0 Å². The molecule has 0 spiro atoms. The molecule has 100 valence electrons. The molecule has 1 aromatic heterocycles. The fourth-order valence-electron chi connectivity index (χ4n) is 3.22. The van der Waals surface area contributed by atoms with Gasteiger partial charge in [0.15, 0.2) is 0 Å². The van der Waals surface area contributed by atoms with Crippen LogP contribution in [0.25, 0.3) is 10.1 Å². The molecule has 2 aromatic carbocycles. The topological polar surface area (TPSA) is 12.0 Å². The van der Waals surface area contributed by atoms with Gasteiger partial charge in [-0.25, -0.2) is 0 Å². The monoisotopic (exact) mass is 279 g/mol. The molecule has 20 heavy (non-hydrogen) atoms. The molecule has 0 bridgehead atoms. The van der Waals surface area contributed by atoms with Gasteiger partial charge in [-0.15, -0.1) is 11.3 Å². The molecule has 2 atom stereocenters. The average Bonchev–Trinajstić information content (AvgIpc) is 2.95. The highest BCUT2D eigenvalue weighted by molar-refractivity contribution is 7.17. The molecular weight excluding hydrogens is 262 g/mol. The van der Waals surface area contributed by atoms with E-state index in [0.717, 1.165) is 6.54 Å². The van der Waals surface area contributed by atoms with Crippen LogP contribution >= 0.6 is 11.3 Å². The lowest BCUT2D eigenvalue weighted by atomic mass is 9.83. The molecular formula is C18H17NS. The maximum absolute atomic E-state index is 3.63. The van der Waals surface area contributed by atoms with Gasteiger partial charge in [0.25, 0.3) is 0 Å². The third-order valence-corrected chi connectivity index (χ3v) is 5.23. The third kappa shape index (κ3) is 1.88. The first-order valence-electron chi connectivity index (χ1n) is 7.12. The largest absolute Gasteiger partial charge is 0.309 e. The van der Waals surface area contributed by atoms with E-state index >= 15 is 0 Å². The zero-order valence-electron chi connectivity index (χ0n) is 11.5. The van der Waals surface area contributed by atoms with E-state index in [9.17, 15) is 0 Å². The van der Waals surface area contributed by atoms with Crippen molar-refractivity contribution in [1.82, 2.24) is 5.32 Å². The van der Waals surface area contributed by atoms with Gasteiger partial charge < -0.3 is 5.32 Å². The van der Waals surface area contributed by atoms with Crippen LogP contribution in [0.4, 0.5) is 0 Å². The molecule has 0 radical (unpaired) electrons. The summed E-state index contributed by atoms with van der Waals surface area (Å²) in [5.74, 6) is 0.467. The second kappa shape index (κ2) is 4.72. The number of benzene rings is 2. The second-order valence-corrected chi connectivity index (χ2v) is 6.48. The Labute approximate surface area is 123 Å². The van der Waals surface area contributed by atoms with Crippen molar-refractivity contribution in [3.8, 4) is 0 Å². The van der Waals surface area contributed by atoms with E-state index in [1.165, 1.54) is 26.8 Å². The van der Waals surface area contributed by atoms with Gasteiger partial charge in [0.1, 0.15) is 0 Å². The van der Waals surface area contributed by atoms with Crippen molar-refractivity contribution in [1.29, 1.82) is 0 Å². The Bertz CT molecular complexity index is 759. The van der Waals surface area contributed by atoms with Gasteiger partial charge >= 0.3 is 0 Å². The normalized spacial score (nSPS) is 21.9. The Kier molecular flexibility index (Phi) is 2.86. The maximum Gasteiger partial charge on any atom is 0.0345 e. The van der Waals surface area contributed by atoms with E-state index in [0.29, 0.717) is 12.0 Å². The zero-order valence-corrected chi connectivity index (χ0v) is 12.3. The summed E-state index contributed by atoms with van der Waals surface area (Å²) in [5, 5.41) is 7.15. The molecule has 0 aliphatic carbocycles. The van der Waals surface area contributed by atoms with Crippen molar-refractivity contribution < 1.29 is 0 Å². The molecule has 1 N–H and O–H groups in total. The molecule has 1 nitrogen and oxygen atoms in total. The number of thiophene rings is 1. The molecule has 0 amide bonds. The maximum atomic E-state index is 3.63. The Morgan fingerprint density at radius 2 is 1.90 bits per heavy atom. The SMILES string of the molecule is C[C@@H]1NC[C@@H](c2ccc3ccsc3c2)c2ccccc21. The van der Waals surface area contributed by atoms with Crippen LogP contribution in [0.5, 0.6) is 0 Å². The molecule has 1 aliphatic rings. The molecule has 4 rings (SSSR count). The molecule has 1 aliphatic heterocycles. The van der Waals surface area contributed by atoms with Crippen molar-refractivity contribution in [2.75, 3.05) is 6.54 Å². The Hall–Kier alpha value is -1.64. The minimum absolute atomic E-state index is 0.452. The Morgan fingerprint density at radius 3 is 2.80 bits per heavy atom. The van der Waals surface area contributed by atoms with Crippen LogP contribution in [0.1, 0.15) is 35.6 Å². The first-order valence-corrected chi connectivity index (χ1v) is 8.00. The van der Waals surface area contributed by atoms with Crippen molar-refractivity contribution in [3.05, 3.63) is 70.6 Å². The summed E-state index contributed by atoms with van der Waals surface area (Å²) >= 11 is 1.83. The summed E-state index contributed by atoms with van der Waals surface area (Å²) in [5.41, 5.74) is 4.34. The predicted molar refractivity (Wildman–Crippen MR) is 86.5 cm³/mol. The molecule has 3 aromatic rings. The van der Waals surface area contributed by atoms with E-state index in [1.54, 1.807) is 0 Å². The number of fused-ring (bicyclic) bond motifs is 2. The minimum atomic E-state index is 0.452. The van der Waals surface area contributed by atoms with Gasteiger partial charge in [0.2, 0.25) is 0 Å². The molecule has 0 saturated heterocycles. The summed E-state index contributed by atoms with van der Waals surface area (Å²) in [6.45, 7) is 3.27. The molecule has 0 unspecified atom stereocenters. The van der Waals surface area contributed by atoms with Crippen molar-refractivity contribution in [2.24, 2.45) is 0 Å². The first kappa shape index (κ1) is 12.1. The summed E-state index contributed by atoms with van der Waals surface area (Å²) in [6.07, 6.45) is 0. The van der Waals surface area contributed by atoms with Crippen molar-refractivity contribution in [3.63, 3.8) is 0 Å². The van der Waals surface area contributed by atoms with Gasteiger partial charge in [-0.1, -0.05) is 36.4 Å². The number of rotatable bonds is 1. The van der Waals surface area contributed by atoms with Crippen LogP contribution in [0, 0.1) is 0 Å². The van der Waals surface area contributed by atoms with Crippen LogP contribution in [0.15, 0.2) is 53.9 Å². The lowest BCUT2D eigenvalue weighted by molar-refractivity contribution is 0.508. The second-order valence-electron chi connectivity index (χ2n) is 5.53. The number of hydrogen-bond donors (Lipinski definition) is 1. The van der Waals surface area contributed by atoms with E-state index in [2.05, 4.69) is 66.2 Å². The van der Waals surface area contributed by atoms with E-state index in [1.807, 2.05) is 11.3 Å². The highest BCUT2D eigenvalue weighted by Gasteiger charge is 2.25. The molecule has 0 saturated carbocycles. The lowest BCUT2D eigenvalue weighted by Gasteiger charge is -2.31. The quantitative estimate of drug-likeness (QED) is 0.681. The summed E-state index contributed by atoms with van der Waals surface area (Å²) in [7, 11) is 0. The van der Waals surface area contributed by atoms with Crippen LogP contribution in [0.3, 0.4) is 0 Å². The van der Waals surface area contributed by atoms with Gasteiger partial charge in [0.05, 0.1) is 0 Å². The summed E-state index contributed by atoms with van der Waals surface area (Å²) in [4.78, 5) is 0. The Balaban J connectivity index is 1.84. The fraction of sp³-hybridized carbons (Fsp3) is 0.222. The van der Waals surface area contributed by atoms with Crippen LogP contribution in [-0.2, 0) is 0 Å². The molecule has 0 fully saturated rings. The fourth-order valence-corrected chi connectivity index (χ4v) is 4.06. The molecule has 2 heteroatoms. The standard InChI is InChI=1S/C18H17NS/c1-12-15-4-2-3-5-16(15)17(11-19-12)14-7-6-13-8-9-20-18(13)10-14/h2-10,12,17,19H,11H2,1H3/t12-,17-/m0/s1. The van der Waals surface area contributed by atoms with Crippen molar-refractivity contribution >= 4 is 21.4 Å². The summed E-state index contributed by atoms with van der Waals surface area (Å²) in [6, 6.07) is 18.4. The summed E-state index contributed by atoms with van der Waals surface area (Å²) < 4.78 is 1.39. The number of hydrogen-bond acceptors (Lipinski definition) is 2. The first-order chi connectivity index (χ1) is 9.83. The number of nitrogens with one attached hydrogen (secondary N) is 1. The van der Waals surface area contributed by atoms with Gasteiger partial charge in [0, 0.05) is 23.2 Å². The van der Waals surface area contributed by atoms with Crippen molar-refractivity contribution in [2.45, 2.75) is 18.9 Å². The van der Waals surface area contributed by atoms with Crippen LogP contribution in [-0.4, -0.2) is 6.54 Å². The van der Waals surface area contributed by atoms with Crippen LogP contribution < -0.4 is 5.32 Å². The molecule has 2 heterocycles. The van der Waals surface area contributed by atoms with Gasteiger partial charge in [-0.3, -0.25) is 0 Å². The lowest BCUT2D eigenvalue weighted by Crippen LogP contribution is -2.31. The smallest absolute Gasteiger partial charge is 0.0345 e. The Morgan fingerprint density at radius 1 is 1.05 bits per heavy atom. The average molecular weight is 279 g/mol. The van der Waals surface area contributed by atoms with E-state index in [4.69, 9.17) is 0 Å². The van der Waals surface area contributed by atoms with Gasteiger partial charge in [-0.2, -0.15) is 0 Å². The highest BCUT2D eigenvalue weighted by Crippen LogP contribution is 2.35. The highest BCUT2D eigenvalue weighted by atomic mass is 32.1. The van der Waals surface area contributed by atoms with Crippen LogP contribution in [0.2, 0.25) is 0 Å². The predicted octanol–water partition coefficient (Wildman–Crippen LogP) is 4.70. The van der Waals surface area contributed by atoms with Gasteiger partial charge in [-0.05, 0) is 46.5 Å². The third-order valence-electron chi connectivity index (χ3n) is 4.35. The zero-order chi connectivity index (χ0) is 13.5.